The smallest absolute Gasteiger partial charge is 0.266 e. The van der Waals surface area contributed by atoms with Gasteiger partial charge < -0.3 is 0 Å². The number of carbonyl (C=O) groups is 2. The fourth-order valence-electron chi connectivity index (χ4n) is 2.77. The van der Waals surface area contributed by atoms with Crippen molar-refractivity contribution in [1.29, 1.82) is 0 Å². The second-order valence-electron chi connectivity index (χ2n) is 5.17. The Morgan fingerprint density at radius 3 is 2.05 bits per heavy atom. The third kappa shape index (κ3) is 1.74. The average Bonchev–Trinajstić information content (AvgIpc) is 2.77. The van der Waals surface area contributed by atoms with Gasteiger partial charge in [0.05, 0.1) is 16.8 Å². The molecule has 3 aromatic rings. The van der Waals surface area contributed by atoms with Crippen molar-refractivity contribution >= 4 is 28.3 Å². The summed E-state index contributed by atoms with van der Waals surface area (Å²) in [5.41, 5.74) is 1.20. The van der Waals surface area contributed by atoms with Gasteiger partial charge in [-0.3, -0.25) is 9.59 Å². The summed E-state index contributed by atoms with van der Waals surface area (Å²) in [6.07, 6.45) is 0. The van der Waals surface area contributed by atoms with Crippen LogP contribution in [0.3, 0.4) is 0 Å². The highest BCUT2D eigenvalue weighted by Crippen LogP contribution is 2.31. The molecule has 0 saturated carbocycles. The molecule has 1 aliphatic rings. The van der Waals surface area contributed by atoms with Crippen LogP contribution in [0.15, 0.2) is 60.7 Å². The second kappa shape index (κ2) is 4.49. The highest BCUT2D eigenvalue weighted by Gasteiger charge is 2.36. The number of carbonyl (C=O) groups excluding carboxylic acids is 2. The Morgan fingerprint density at radius 2 is 1.36 bits per heavy atom. The SMILES string of the molecule is O=C1c2cc3ccc(F)cc3cc2C(=O)N1c1ccccc1. The molecule has 1 aliphatic heterocycles. The fraction of sp³-hybridized carbons (Fsp3) is 0. The van der Waals surface area contributed by atoms with Crippen LogP contribution in [0.1, 0.15) is 20.7 Å². The van der Waals surface area contributed by atoms with Crippen LogP contribution >= 0.6 is 0 Å². The quantitative estimate of drug-likeness (QED) is 0.640. The summed E-state index contributed by atoms with van der Waals surface area (Å²) in [6.45, 7) is 0. The second-order valence-corrected chi connectivity index (χ2v) is 5.17. The number of rotatable bonds is 1. The molecule has 0 spiro atoms. The summed E-state index contributed by atoms with van der Waals surface area (Å²) < 4.78 is 13.3. The summed E-state index contributed by atoms with van der Waals surface area (Å²) >= 11 is 0. The lowest BCUT2D eigenvalue weighted by molar-refractivity contribution is 0.0926. The van der Waals surface area contributed by atoms with Gasteiger partial charge in [-0.15, -0.1) is 0 Å². The number of hydrogen-bond donors (Lipinski definition) is 0. The van der Waals surface area contributed by atoms with Crippen LogP contribution in [0.4, 0.5) is 10.1 Å². The van der Waals surface area contributed by atoms with Crippen LogP contribution in [-0.4, -0.2) is 11.8 Å². The topological polar surface area (TPSA) is 37.4 Å². The number of benzene rings is 3. The van der Waals surface area contributed by atoms with Gasteiger partial charge in [-0.05, 0) is 47.2 Å². The lowest BCUT2D eigenvalue weighted by Gasteiger charge is -2.13. The number of nitrogens with zero attached hydrogens (tertiary/aromatic N) is 1. The van der Waals surface area contributed by atoms with Gasteiger partial charge in [-0.1, -0.05) is 24.3 Å². The molecule has 3 nitrogen and oxygen atoms in total. The first-order chi connectivity index (χ1) is 10.6. The van der Waals surface area contributed by atoms with Crippen molar-refractivity contribution in [2.75, 3.05) is 4.90 Å². The maximum Gasteiger partial charge on any atom is 0.266 e. The predicted octanol–water partition coefficient (Wildman–Crippen LogP) is 3.78. The Bertz CT molecular complexity index is 934. The van der Waals surface area contributed by atoms with E-state index in [1.807, 2.05) is 6.07 Å². The van der Waals surface area contributed by atoms with Gasteiger partial charge in [0, 0.05) is 0 Å². The van der Waals surface area contributed by atoms with E-state index in [4.69, 9.17) is 0 Å². The van der Waals surface area contributed by atoms with Crippen LogP contribution in [0.2, 0.25) is 0 Å². The van der Waals surface area contributed by atoms with Crippen LogP contribution in [0, 0.1) is 5.82 Å². The maximum atomic E-state index is 13.3. The van der Waals surface area contributed by atoms with E-state index in [9.17, 15) is 14.0 Å². The van der Waals surface area contributed by atoms with Crippen molar-refractivity contribution in [3.05, 3.63) is 77.6 Å². The van der Waals surface area contributed by atoms with Gasteiger partial charge in [0.25, 0.3) is 11.8 Å². The van der Waals surface area contributed by atoms with Gasteiger partial charge in [0.15, 0.2) is 0 Å². The van der Waals surface area contributed by atoms with E-state index in [0.29, 0.717) is 22.2 Å². The Balaban J connectivity index is 1.91. The summed E-state index contributed by atoms with van der Waals surface area (Å²) in [6, 6.07) is 16.3. The molecule has 2 amide bonds. The monoisotopic (exact) mass is 291 g/mol. The number of amides is 2. The number of imide groups is 1. The molecule has 4 heteroatoms. The van der Waals surface area contributed by atoms with E-state index in [1.54, 1.807) is 42.5 Å². The normalized spacial score (nSPS) is 13.8. The van der Waals surface area contributed by atoms with Gasteiger partial charge in [-0.25, -0.2) is 9.29 Å². The number of para-hydroxylation sites is 1. The Hall–Kier alpha value is -3.01. The first-order valence-corrected chi connectivity index (χ1v) is 6.82. The van der Waals surface area contributed by atoms with Gasteiger partial charge in [0.1, 0.15) is 5.82 Å². The van der Waals surface area contributed by atoms with E-state index in [2.05, 4.69) is 0 Å². The van der Waals surface area contributed by atoms with Crippen LogP contribution in [-0.2, 0) is 0 Å². The molecule has 0 saturated heterocycles. The largest absolute Gasteiger partial charge is 0.268 e. The molecule has 0 bridgehead atoms. The molecule has 22 heavy (non-hydrogen) atoms. The van der Waals surface area contributed by atoms with Crippen LogP contribution in [0.5, 0.6) is 0 Å². The summed E-state index contributed by atoms with van der Waals surface area (Å²) in [7, 11) is 0. The molecule has 4 rings (SSSR count). The molecule has 0 fully saturated rings. The third-order valence-corrected chi connectivity index (χ3v) is 3.82. The Kier molecular flexibility index (Phi) is 2.60. The lowest BCUT2D eigenvalue weighted by Crippen LogP contribution is -2.29. The van der Waals surface area contributed by atoms with Gasteiger partial charge >= 0.3 is 0 Å². The van der Waals surface area contributed by atoms with E-state index in [1.165, 1.54) is 12.1 Å². The van der Waals surface area contributed by atoms with Crippen LogP contribution < -0.4 is 4.90 Å². The fourth-order valence-corrected chi connectivity index (χ4v) is 2.77. The number of hydrogen-bond acceptors (Lipinski definition) is 2. The molecule has 0 aliphatic carbocycles. The summed E-state index contributed by atoms with van der Waals surface area (Å²) in [5, 5.41) is 1.34. The minimum Gasteiger partial charge on any atom is -0.268 e. The van der Waals surface area contributed by atoms with Crippen molar-refractivity contribution in [3.8, 4) is 0 Å². The lowest BCUT2D eigenvalue weighted by atomic mass is 10.0. The van der Waals surface area contributed by atoms with E-state index >= 15 is 0 Å². The molecular weight excluding hydrogens is 281 g/mol. The molecule has 0 radical (unpaired) electrons. The first-order valence-electron chi connectivity index (χ1n) is 6.82. The predicted molar refractivity (Wildman–Crippen MR) is 81.5 cm³/mol. The van der Waals surface area contributed by atoms with Crippen molar-refractivity contribution < 1.29 is 14.0 Å². The average molecular weight is 291 g/mol. The molecule has 106 valence electrons. The molecule has 0 unspecified atom stereocenters. The highest BCUT2D eigenvalue weighted by molar-refractivity contribution is 6.35. The number of halogens is 1. The van der Waals surface area contributed by atoms with Crippen molar-refractivity contribution in [2.45, 2.75) is 0 Å². The standard InChI is InChI=1S/C18H10FNO2/c19-13-7-6-11-9-15-16(10-12(11)8-13)18(22)20(17(15)21)14-4-2-1-3-5-14/h1-10H. The molecule has 0 aromatic heterocycles. The third-order valence-electron chi connectivity index (χ3n) is 3.82. The van der Waals surface area contributed by atoms with E-state index in [-0.39, 0.29) is 17.6 Å². The maximum absolute atomic E-state index is 13.3. The zero-order chi connectivity index (χ0) is 15.3. The minimum atomic E-state index is -0.377. The number of fused-ring (bicyclic) bond motifs is 2. The van der Waals surface area contributed by atoms with Gasteiger partial charge in [0.2, 0.25) is 0 Å². The van der Waals surface area contributed by atoms with Crippen LogP contribution in [0.25, 0.3) is 10.8 Å². The molecule has 1 heterocycles. The van der Waals surface area contributed by atoms with Gasteiger partial charge in [-0.2, -0.15) is 0 Å². The van der Waals surface area contributed by atoms with E-state index in [0.717, 1.165) is 10.3 Å². The molecule has 0 atom stereocenters. The Morgan fingerprint density at radius 1 is 0.727 bits per heavy atom. The molecule has 3 aromatic carbocycles. The molecular formula is C18H10FNO2. The summed E-state index contributed by atoms with van der Waals surface area (Å²) in [5.74, 6) is -1.10. The Labute approximate surface area is 125 Å². The van der Waals surface area contributed by atoms with E-state index < -0.39 is 0 Å². The van der Waals surface area contributed by atoms with Crippen molar-refractivity contribution in [1.82, 2.24) is 0 Å². The number of anilines is 1. The highest BCUT2D eigenvalue weighted by atomic mass is 19.1. The van der Waals surface area contributed by atoms with Crippen molar-refractivity contribution in [2.24, 2.45) is 0 Å². The molecule has 0 N–H and O–H groups in total. The summed E-state index contributed by atoms with van der Waals surface area (Å²) in [4.78, 5) is 26.2. The zero-order valence-corrected chi connectivity index (χ0v) is 11.4. The zero-order valence-electron chi connectivity index (χ0n) is 11.4. The first kappa shape index (κ1) is 12.7. The van der Waals surface area contributed by atoms with Crippen molar-refractivity contribution in [3.63, 3.8) is 0 Å². The minimum absolute atomic E-state index is 0.312.